The maximum absolute atomic E-state index is 12.4. The normalized spacial score (nSPS) is 10.4. The van der Waals surface area contributed by atoms with E-state index in [0.717, 1.165) is 31.2 Å². The molecule has 2 aromatic carbocycles. The van der Waals surface area contributed by atoms with E-state index in [-0.39, 0.29) is 12.4 Å². The summed E-state index contributed by atoms with van der Waals surface area (Å²) >= 11 is 0. The summed E-state index contributed by atoms with van der Waals surface area (Å²) in [6.45, 7) is 2.35. The van der Waals surface area contributed by atoms with E-state index in [2.05, 4.69) is 6.92 Å². The molecule has 0 heterocycles. The van der Waals surface area contributed by atoms with Gasteiger partial charge in [0.1, 0.15) is 6.61 Å². The second-order valence-electron chi connectivity index (χ2n) is 5.84. The number of hydrogen-bond acceptors (Lipinski definition) is 3. The summed E-state index contributed by atoms with van der Waals surface area (Å²) in [7, 11) is 0. The van der Waals surface area contributed by atoms with Crippen molar-refractivity contribution in [2.75, 3.05) is 0 Å². The molecule has 3 nitrogen and oxygen atoms in total. The number of carbonyl (C=O) groups is 2. The summed E-state index contributed by atoms with van der Waals surface area (Å²) in [4.78, 5) is 24.7. The van der Waals surface area contributed by atoms with Gasteiger partial charge in [0.25, 0.3) is 0 Å². The minimum absolute atomic E-state index is 0.0124. The highest BCUT2D eigenvalue weighted by Gasteiger charge is 2.17. The van der Waals surface area contributed by atoms with Gasteiger partial charge in [-0.2, -0.15) is 0 Å². The molecular formula is C21H24O3. The third kappa shape index (κ3) is 5.34. The largest absolute Gasteiger partial charge is 0.457 e. The average molecular weight is 324 g/mol. The van der Waals surface area contributed by atoms with Crippen LogP contribution in [0, 0.1) is 0 Å². The van der Waals surface area contributed by atoms with E-state index >= 15 is 0 Å². The van der Waals surface area contributed by atoms with Gasteiger partial charge in [-0.15, -0.1) is 0 Å². The predicted octanol–water partition coefficient (Wildman–Crippen LogP) is 5.20. The van der Waals surface area contributed by atoms with Crippen LogP contribution in [0.1, 0.15) is 65.3 Å². The van der Waals surface area contributed by atoms with E-state index in [9.17, 15) is 9.59 Å². The van der Waals surface area contributed by atoms with Crippen molar-refractivity contribution < 1.29 is 14.3 Å². The first-order chi connectivity index (χ1) is 11.7. The summed E-state index contributed by atoms with van der Waals surface area (Å²) in [5.41, 5.74) is 1.75. The Morgan fingerprint density at radius 3 is 2.21 bits per heavy atom. The molecule has 0 N–H and O–H groups in total. The molecule has 0 radical (unpaired) electrons. The lowest BCUT2D eigenvalue weighted by atomic mass is 9.99. The van der Waals surface area contributed by atoms with Gasteiger partial charge in [0.05, 0.1) is 5.56 Å². The van der Waals surface area contributed by atoms with Crippen molar-refractivity contribution in [3.63, 3.8) is 0 Å². The van der Waals surface area contributed by atoms with Gasteiger partial charge < -0.3 is 4.74 Å². The Bertz CT molecular complexity index is 662. The average Bonchev–Trinajstić information content (AvgIpc) is 2.64. The van der Waals surface area contributed by atoms with Crippen LogP contribution in [0.4, 0.5) is 0 Å². The highest BCUT2D eigenvalue weighted by molar-refractivity contribution is 6.06. The van der Waals surface area contributed by atoms with Crippen molar-refractivity contribution in [3.05, 3.63) is 71.3 Å². The van der Waals surface area contributed by atoms with E-state index in [1.165, 1.54) is 0 Å². The van der Waals surface area contributed by atoms with Crippen LogP contribution in [0.25, 0.3) is 0 Å². The van der Waals surface area contributed by atoms with Gasteiger partial charge in [-0.3, -0.25) is 4.79 Å². The van der Waals surface area contributed by atoms with Gasteiger partial charge in [-0.1, -0.05) is 74.7 Å². The van der Waals surface area contributed by atoms with Crippen LogP contribution in [-0.2, 0) is 11.3 Å². The lowest BCUT2D eigenvalue weighted by Gasteiger charge is -2.09. The van der Waals surface area contributed by atoms with Crippen LogP contribution in [0.15, 0.2) is 54.6 Å². The first kappa shape index (κ1) is 17.9. The molecule has 0 saturated heterocycles. The Kier molecular flexibility index (Phi) is 7.21. The van der Waals surface area contributed by atoms with Crippen molar-refractivity contribution >= 4 is 11.8 Å². The minimum atomic E-state index is -0.448. The van der Waals surface area contributed by atoms with Gasteiger partial charge in [-0.25, -0.2) is 4.79 Å². The van der Waals surface area contributed by atoms with Crippen LogP contribution in [0.5, 0.6) is 0 Å². The zero-order chi connectivity index (χ0) is 17.2. The summed E-state index contributed by atoms with van der Waals surface area (Å²) < 4.78 is 5.36. The number of carbonyl (C=O) groups excluding carboxylic acids is 2. The number of rotatable bonds is 9. The molecule has 0 saturated carbocycles. The van der Waals surface area contributed by atoms with Crippen molar-refractivity contribution in [2.24, 2.45) is 0 Å². The number of hydrogen-bond donors (Lipinski definition) is 0. The first-order valence-corrected chi connectivity index (χ1v) is 8.55. The maximum Gasteiger partial charge on any atom is 0.339 e. The molecule has 2 aromatic rings. The number of Topliss-reactive ketones (excluding diaryl/α,β-unsaturated/α-hetero) is 1. The molecule has 0 atom stereocenters. The van der Waals surface area contributed by atoms with Crippen molar-refractivity contribution in [3.8, 4) is 0 Å². The van der Waals surface area contributed by atoms with Crippen molar-refractivity contribution in [1.29, 1.82) is 0 Å². The number of esters is 1. The zero-order valence-corrected chi connectivity index (χ0v) is 14.2. The fraction of sp³-hybridized carbons (Fsp3) is 0.333. The molecule has 0 fully saturated rings. The lowest BCUT2D eigenvalue weighted by Crippen LogP contribution is -2.12. The van der Waals surface area contributed by atoms with Crippen LogP contribution >= 0.6 is 0 Å². The van der Waals surface area contributed by atoms with E-state index in [1.54, 1.807) is 24.3 Å². The molecule has 0 amide bonds. The summed E-state index contributed by atoms with van der Waals surface area (Å²) in [6.07, 6.45) is 4.65. The zero-order valence-electron chi connectivity index (χ0n) is 14.2. The van der Waals surface area contributed by atoms with Crippen LogP contribution in [-0.4, -0.2) is 11.8 Å². The van der Waals surface area contributed by atoms with E-state index in [1.807, 2.05) is 30.3 Å². The monoisotopic (exact) mass is 324 g/mol. The third-order valence-electron chi connectivity index (χ3n) is 3.92. The fourth-order valence-electron chi connectivity index (χ4n) is 2.55. The van der Waals surface area contributed by atoms with Crippen LogP contribution in [0.2, 0.25) is 0 Å². The summed E-state index contributed by atoms with van der Waals surface area (Å²) in [5.74, 6) is -0.435. The second kappa shape index (κ2) is 9.66. The van der Waals surface area contributed by atoms with E-state index < -0.39 is 5.97 Å². The topological polar surface area (TPSA) is 43.4 Å². The Morgan fingerprint density at radius 1 is 0.833 bits per heavy atom. The van der Waals surface area contributed by atoms with Gasteiger partial charge in [0.15, 0.2) is 5.78 Å². The van der Waals surface area contributed by atoms with Crippen molar-refractivity contribution in [1.82, 2.24) is 0 Å². The molecule has 2 rings (SSSR count). The molecule has 0 bridgehead atoms. The Morgan fingerprint density at radius 2 is 1.50 bits per heavy atom. The van der Waals surface area contributed by atoms with Gasteiger partial charge >= 0.3 is 5.97 Å². The van der Waals surface area contributed by atoms with Crippen LogP contribution < -0.4 is 0 Å². The standard InChI is InChI=1S/C21H24O3/c1-2-3-4-8-15-20(22)18-13-9-10-14-19(18)21(23)24-16-17-11-6-5-7-12-17/h5-7,9-14H,2-4,8,15-16H2,1H3. The molecule has 126 valence electrons. The van der Waals surface area contributed by atoms with Gasteiger partial charge in [0.2, 0.25) is 0 Å². The highest BCUT2D eigenvalue weighted by Crippen LogP contribution is 2.16. The molecule has 0 aliphatic rings. The number of benzene rings is 2. The van der Waals surface area contributed by atoms with E-state index in [4.69, 9.17) is 4.74 Å². The summed E-state index contributed by atoms with van der Waals surface area (Å²) in [6, 6.07) is 16.4. The predicted molar refractivity (Wildman–Crippen MR) is 95.1 cm³/mol. The molecule has 3 heteroatoms. The number of unbranched alkanes of at least 4 members (excludes halogenated alkanes) is 3. The van der Waals surface area contributed by atoms with Crippen LogP contribution in [0.3, 0.4) is 0 Å². The van der Waals surface area contributed by atoms with Gasteiger partial charge in [-0.05, 0) is 18.1 Å². The first-order valence-electron chi connectivity index (χ1n) is 8.55. The molecule has 0 aliphatic heterocycles. The third-order valence-corrected chi connectivity index (χ3v) is 3.92. The fourth-order valence-corrected chi connectivity index (χ4v) is 2.55. The van der Waals surface area contributed by atoms with Crippen molar-refractivity contribution in [2.45, 2.75) is 45.6 Å². The quantitative estimate of drug-likeness (QED) is 0.362. The highest BCUT2D eigenvalue weighted by atomic mass is 16.5. The second-order valence-corrected chi connectivity index (χ2v) is 5.84. The molecular weight excluding hydrogens is 300 g/mol. The smallest absolute Gasteiger partial charge is 0.339 e. The molecule has 0 aliphatic carbocycles. The number of ether oxygens (including phenoxy) is 1. The van der Waals surface area contributed by atoms with E-state index in [0.29, 0.717) is 17.5 Å². The Balaban J connectivity index is 1.99. The minimum Gasteiger partial charge on any atom is -0.457 e. The number of ketones is 1. The lowest BCUT2D eigenvalue weighted by molar-refractivity contribution is 0.0469. The molecule has 0 spiro atoms. The summed E-state index contributed by atoms with van der Waals surface area (Å²) in [5, 5.41) is 0. The molecule has 0 aromatic heterocycles. The Hall–Kier alpha value is -2.42. The molecule has 0 unspecified atom stereocenters. The SMILES string of the molecule is CCCCCCC(=O)c1ccccc1C(=O)OCc1ccccc1. The molecule has 24 heavy (non-hydrogen) atoms. The maximum atomic E-state index is 12.4. The Labute approximate surface area is 143 Å². The van der Waals surface area contributed by atoms with Gasteiger partial charge in [0, 0.05) is 12.0 Å².